The Kier molecular flexibility index (Phi) is 4.38. The maximum absolute atomic E-state index is 6.54. The van der Waals surface area contributed by atoms with Gasteiger partial charge in [-0.1, -0.05) is 19.8 Å². The molecule has 1 saturated carbocycles. The molecule has 138 valence electrons. The van der Waals surface area contributed by atoms with Crippen molar-refractivity contribution in [3.8, 4) is 0 Å². The van der Waals surface area contributed by atoms with Crippen molar-refractivity contribution >= 4 is 11.6 Å². The summed E-state index contributed by atoms with van der Waals surface area (Å²) < 4.78 is 6.54. The number of morpholine rings is 1. The number of aromatic nitrogens is 2. The summed E-state index contributed by atoms with van der Waals surface area (Å²) in [5.41, 5.74) is -0.111. The van der Waals surface area contributed by atoms with Gasteiger partial charge in [0.15, 0.2) is 0 Å². The highest BCUT2D eigenvalue weighted by molar-refractivity contribution is 5.51. The average molecular weight is 345 g/mol. The van der Waals surface area contributed by atoms with Crippen LogP contribution >= 0.6 is 0 Å². The summed E-state index contributed by atoms with van der Waals surface area (Å²) in [7, 11) is 0. The Balaban J connectivity index is 1.57. The highest BCUT2D eigenvalue weighted by Gasteiger charge is 2.46. The summed E-state index contributed by atoms with van der Waals surface area (Å²) in [6, 6.07) is 2.20. The quantitative estimate of drug-likeness (QED) is 0.819. The Morgan fingerprint density at radius 1 is 1.04 bits per heavy atom. The van der Waals surface area contributed by atoms with E-state index in [1.54, 1.807) is 6.33 Å². The SMILES string of the molecule is CC1CCCN(c2cc(N3CC(C)(C)OC4(CCCC4)C3)ncn2)C1. The molecule has 3 aliphatic rings. The van der Waals surface area contributed by atoms with E-state index < -0.39 is 0 Å². The summed E-state index contributed by atoms with van der Waals surface area (Å²) >= 11 is 0. The van der Waals surface area contributed by atoms with Crippen LogP contribution in [0, 0.1) is 5.92 Å². The molecule has 0 amide bonds. The number of anilines is 2. The van der Waals surface area contributed by atoms with E-state index in [1.807, 2.05) is 0 Å². The fraction of sp³-hybridized carbons (Fsp3) is 0.800. The molecule has 5 nitrogen and oxygen atoms in total. The highest BCUT2D eigenvalue weighted by atomic mass is 16.5. The normalized spacial score (nSPS) is 28.5. The average Bonchev–Trinajstić information content (AvgIpc) is 3.00. The zero-order chi connectivity index (χ0) is 17.5. The van der Waals surface area contributed by atoms with Crippen molar-refractivity contribution in [1.29, 1.82) is 0 Å². The molecule has 0 radical (unpaired) electrons. The van der Waals surface area contributed by atoms with E-state index in [0.29, 0.717) is 0 Å². The lowest BCUT2D eigenvalue weighted by Gasteiger charge is -2.49. The first-order chi connectivity index (χ1) is 11.9. The first-order valence-corrected chi connectivity index (χ1v) is 9.97. The molecule has 4 rings (SSSR count). The van der Waals surface area contributed by atoms with Crippen LogP contribution in [0.3, 0.4) is 0 Å². The zero-order valence-corrected chi connectivity index (χ0v) is 16.0. The van der Waals surface area contributed by atoms with Crippen molar-refractivity contribution in [2.24, 2.45) is 5.92 Å². The molecule has 0 aromatic carbocycles. The third-order valence-electron chi connectivity index (χ3n) is 6.00. The van der Waals surface area contributed by atoms with Crippen LogP contribution in [0.15, 0.2) is 12.4 Å². The van der Waals surface area contributed by atoms with Gasteiger partial charge in [-0.3, -0.25) is 0 Å². The molecule has 3 fully saturated rings. The first-order valence-electron chi connectivity index (χ1n) is 9.97. The smallest absolute Gasteiger partial charge is 0.134 e. The van der Waals surface area contributed by atoms with Gasteiger partial charge in [-0.2, -0.15) is 0 Å². The van der Waals surface area contributed by atoms with Crippen LogP contribution in [-0.4, -0.2) is 47.3 Å². The lowest BCUT2D eigenvalue weighted by atomic mass is 9.94. The second-order valence-electron chi connectivity index (χ2n) is 9.04. The molecule has 0 N–H and O–H groups in total. The van der Waals surface area contributed by atoms with Gasteiger partial charge in [0.2, 0.25) is 0 Å². The fourth-order valence-corrected chi connectivity index (χ4v) is 5.04. The molecule has 1 unspecified atom stereocenters. The summed E-state index contributed by atoms with van der Waals surface area (Å²) in [4.78, 5) is 14.1. The lowest BCUT2D eigenvalue weighted by molar-refractivity contribution is -0.148. The number of nitrogens with zero attached hydrogens (tertiary/aromatic N) is 4. The Labute approximate surface area is 151 Å². The molecule has 2 saturated heterocycles. The molecule has 1 aliphatic carbocycles. The second kappa shape index (κ2) is 6.42. The monoisotopic (exact) mass is 344 g/mol. The van der Waals surface area contributed by atoms with E-state index in [2.05, 4.69) is 46.6 Å². The number of rotatable bonds is 2. The number of ether oxygens (including phenoxy) is 1. The van der Waals surface area contributed by atoms with Gasteiger partial charge in [0.25, 0.3) is 0 Å². The zero-order valence-electron chi connectivity index (χ0n) is 16.0. The maximum Gasteiger partial charge on any atom is 0.134 e. The van der Waals surface area contributed by atoms with Gasteiger partial charge in [-0.25, -0.2) is 9.97 Å². The van der Waals surface area contributed by atoms with Crippen molar-refractivity contribution in [3.63, 3.8) is 0 Å². The van der Waals surface area contributed by atoms with Gasteiger partial charge in [0.05, 0.1) is 11.2 Å². The minimum Gasteiger partial charge on any atom is -0.365 e. The summed E-state index contributed by atoms with van der Waals surface area (Å²) in [5, 5.41) is 0. The molecular weight excluding hydrogens is 312 g/mol. The maximum atomic E-state index is 6.54. The summed E-state index contributed by atoms with van der Waals surface area (Å²) in [6.07, 6.45) is 9.24. The van der Waals surface area contributed by atoms with Crippen LogP contribution in [-0.2, 0) is 4.74 Å². The number of hydrogen-bond donors (Lipinski definition) is 0. The Morgan fingerprint density at radius 2 is 1.76 bits per heavy atom. The first kappa shape index (κ1) is 17.1. The van der Waals surface area contributed by atoms with Crippen LogP contribution in [0.4, 0.5) is 11.6 Å². The van der Waals surface area contributed by atoms with Crippen molar-refractivity contribution < 1.29 is 4.74 Å². The minimum absolute atomic E-state index is 0.0203. The molecule has 3 heterocycles. The molecule has 2 aliphatic heterocycles. The van der Waals surface area contributed by atoms with Crippen LogP contribution in [0.5, 0.6) is 0 Å². The summed E-state index contributed by atoms with van der Waals surface area (Å²) in [6.45, 7) is 10.8. The molecule has 0 bridgehead atoms. The predicted molar refractivity (Wildman–Crippen MR) is 101 cm³/mol. The van der Waals surface area contributed by atoms with Gasteiger partial charge < -0.3 is 14.5 Å². The molecule has 1 atom stereocenters. The third kappa shape index (κ3) is 3.62. The molecule has 1 spiro atoms. The number of hydrogen-bond acceptors (Lipinski definition) is 5. The number of piperidine rings is 1. The third-order valence-corrected chi connectivity index (χ3v) is 6.00. The van der Waals surface area contributed by atoms with Gasteiger partial charge in [-0.05, 0) is 45.4 Å². The topological polar surface area (TPSA) is 41.5 Å². The molecule has 1 aromatic heterocycles. The van der Waals surface area contributed by atoms with Gasteiger partial charge >= 0.3 is 0 Å². The molecule has 5 heteroatoms. The molecule has 25 heavy (non-hydrogen) atoms. The molecular formula is C20H32N4O. The van der Waals surface area contributed by atoms with Crippen molar-refractivity contribution in [2.45, 2.75) is 70.5 Å². The van der Waals surface area contributed by atoms with Gasteiger partial charge in [-0.15, -0.1) is 0 Å². The Morgan fingerprint density at radius 3 is 2.48 bits per heavy atom. The van der Waals surface area contributed by atoms with Gasteiger partial charge in [0, 0.05) is 32.2 Å². The fourth-order valence-electron chi connectivity index (χ4n) is 5.04. The minimum atomic E-state index is -0.132. The van der Waals surface area contributed by atoms with Crippen molar-refractivity contribution in [3.05, 3.63) is 12.4 Å². The predicted octanol–water partition coefficient (Wildman–Crippen LogP) is 3.64. The standard InChI is InChI=1S/C20H32N4O/c1-16-7-6-10-23(12-16)17-11-18(22-15-21-17)24-13-19(2,3)25-20(14-24)8-4-5-9-20/h11,15-16H,4-10,12-14H2,1-3H3. The van der Waals surface area contributed by atoms with Crippen molar-refractivity contribution in [1.82, 2.24) is 9.97 Å². The Hall–Kier alpha value is -1.36. The van der Waals surface area contributed by atoms with Crippen LogP contribution in [0.25, 0.3) is 0 Å². The largest absolute Gasteiger partial charge is 0.365 e. The molecule has 1 aromatic rings. The van der Waals surface area contributed by atoms with E-state index in [9.17, 15) is 0 Å². The van der Waals surface area contributed by atoms with Crippen molar-refractivity contribution in [2.75, 3.05) is 36.0 Å². The van der Waals surface area contributed by atoms with Gasteiger partial charge in [0.1, 0.15) is 18.0 Å². The van der Waals surface area contributed by atoms with E-state index in [0.717, 1.165) is 43.7 Å². The van der Waals surface area contributed by atoms with E-state index >= 15 is 0 Å². The van der Waals surface area contributed by atoms with E-state index in [-0.39, 0.29) is 11.2 Å². The van der Waals surface area contributed by atoms with E-state index in [1.165, 1.54) is 38.5 Å². The van der Waals surface area contributed by atoms with Crippen LogP contribution < -0.4 is 9.80 Å². The van der Waals surface area contributed by atoms with Crippen LogP contribution in [0.1, 0.15) is 59.3 Å². The highest BCUT2D eigenvalue weighted by Crippen LogP contribution is 2.41. The lowest BCUT2D eigenvalue weighted by Crippen LogP contribution is -2.59. The van der Waals surface area contributed by atoms with Crippen LogP contribution in [0.2, 0.25) is 0 Å². The van der Waals surface area contributed by atoms with E-state index in [4.69, 9.17) is 4.74 Å². The second-order valence-corrected chi connectivity index (χ2v) is 9.04. The Bertz CT molecular complexity index is 611. The summed E-state index contributed by atoms with van der Waals surface area (Å²) in [5.74, 6) is 2.89.